The molecule has 0 amide bonds. The van der Waals surface area contributed by atoms with E-state index in [1.807, 2.05) is 6.07 Å². The molecule has 0 aliphatic carbocycles. The summed E-state index contributed by atoms with van der Waals surface area (Å²) in [6.07, 6.45) is 1.71. The Hall–Kier alpha value is -0.800. The second kappa shape index (κ2) is 4.22. The van der Waals surface area contributed by atoms with Crippen LogP contribution >= 0.6 is 11.6 Å². The highest BCUT2D eigenvalue weighted by Crippen LogP contribution is 2.30. The van der Waals surface area contributed by atoms with Crippen LogP contribution in [0.3, 0.4) is 0 Å². The molecule has 0 spiro atoms. The van der Waals surface area contributed by atoms with Crippen molar-refractivity contribution in [3.8, 4) is 0 Å². The monoisotopic (exact) mass is 240 g/mol. The predicted octanol–water partition coefficient (Wildman–Crippen LogP) is 2.84. The fraction of sp³-hybridized carbons (Fsp3) is 0.583. The molecule has 88 valence electrons. The molecule has 1 aliphatic heterocycles. The van der Waals surface area contributed by atoms with Crippen molar-refractivity contribution in [1.29, 1.82) is 0 Å². The van der Waals surface area contributed by atoms with E-state index < -0.39 is 0 Å². The summed E-state index contributed by atoms with van der Waals surface area (Å²) in [4.78, 5) is 4.28. The molecule has 4 heteroatoms. The molecule has 0 atom stereocenters. The fourth-order valence-corrected chi connectivity index (χ4v) is 2.01. The van der Waals surface area contributed by atoms with E-state index in [-0.39, 0.29) is 5.41 Å². The molecule has 2 heterocycles. The van der Waals surface area contributed by atoms with Gasteiger partial charge in [-0.1, -0.05) is 32.4 Å². The van der Waals surface area contributed by atoms with Crippen molar-refractivity contribution in [2.24, 2.45) is 0 Å². The van der Waals surface area contributed by atoms with Gasteiger partial charge in [-0.25, -0.2) is 4.98 Å². The van der Waals surface area contributed by atoms with Crippen LogP contribution in [0.4, 0.5) is 5.82 Å². The Bertz CT molecular complexity index is 383. The van der Waals surface area contributed by atoms with Gasteiger partial charge in [-0.2, -0.15) is 0 Å². The maximum atomic E-state index is 6.15. The van der Waals surface area contributed by atoms with Gasteiger partial charge in [-0.15, -0.1) is 0 Å². The number of ether oxygens (including phenoxy) is 1. The van der Waals surface area contributed by atoms with E-state index in [9.17, 15) is 0 Å². The molecule has 2 rings (SSSR count). The molecule has 1 aliphatic rings. The first kappa shape index (κ1) is 11.7. The number of pyridine rings is 1. The van der Waals surface area contributed by atoms with E-state index >= 15 is 0 Å². The number of hydrogen-bond acceptors (Lipinski definition) is 3. The smallest absolute Gasteiger partial charge is 0.126 e. The average Bonchev–Trinajstić information content (AvgIpc) is 2.12. The second-order valence-corrected chi connectivity index (χ2v) is 5.59. The summed E-state index contributed by atoms with van der Waals surface area (Å²) < 4.78 is 5.11. The van der Waals surface area contributed by atoms with Crippen LogP contribution in [0.25, 0.3) is 0 Å². The summed E-state index contributed by atoms with van der Waals surface area (Å²) in [7, 11) is 0. The molecule has 0 aromatic carbocycles. The lowest BCUT2D eigenvalue weighted by Crippen LogP contribution is -2.40. The summed E-state index contributed by atoms with van der Waals surface area (Å²) in [5.74, 6) is 0.877. The highest BCUT2D eigenvalue weighted by atomic mass is 35.5. The van der Waals surface area contributed by atoms with Gasteiger partial charge in [0.05, 0.1) is 24.3 Å². The third-order valence-electron chi connectivity index (χ3n) is 2.65. The van der Waals surface area contributed by atoms with E-state index in [0.717, 1.165) is 29.6 Å². The molecule has 0 radical (unpaired) electrons. The molecular weight excluding hydrogens is 224 g/mol. The van der Waals surface area contributed by atoms with Gasteiger partial charge < -0.3 is 10.1 Å². The van der Waals surface area contributed by atoms with Crippen LogP contribution in [0, 0.1) is 0 Å². The first-order valence-corrected chi connectivity index (χ1v) is 5.85. The van der Waals surface area contributed by atoms with Crippen LogP contribution in [0.15, 0.2) is 12.3 Å². The van der Waals surface area contributed by atoms with Gasteiger partial charge in [0.15, 0.2) is 0 Å². The summed E-state index contributed by atoms with van der Waals surface area (Å²) >= 11 is 6.15. The lowest BCUT2D eigenvalue weighted by Gasteiger charge is -2.28. The van der Waals surface area contributed by atoms with E-state index in [4.69, 9.17) is 16.3 Å². The number of halogens is 1. The number of nitrogens with zero attached hydrogens (tertiary/aromatic N) is 1. The Morgan fingerprint density at radius 1 is 1.44 bits per heavy atom. The third-order valence-corrected chi connectivity index (χ3v) is 2.95. The highest BCUT2D eigenvalue weighted by Gasteiger charge is 2.21. The first-order valence-electron chi connectivity index (χ1n) is 5.47. The maximum Gasteiger partial charge on any atom is 0.126 e. The number of rotatable bonds is 2. The van der Waals surface area contributed by atoms with Crippen molar-refractivity contribution in [2.45, 2.75) is 32.2 Å². The van der Waals surface area contributed by atoms with Crippen LogP contribution in [0.2, 0.25) is 5.02 Å². The summed E-state index contributed by atoms with van der Waals surface area (Å²) in [6.45, 7) is 7.95. The Kier molecular flexibility index (Phi) is 3.08. The lowest BCUT2D eigenvalue weighted by atomic mass is 9.87. The van der Waals surface area contributed by atoms with Gasteiger partial charge >= 0.3 is 0 Å². The quantitative estimate of drug-likeness (QED) is 0.863. The van der Waals surface area contributed by atoms with Crippen molar-refractivity contribution in [2.75, 3.05) is 18.5 Å². The van der Waals surface area contributed by atoms with Crippen molar-refractivity contribution in [1.82, 2.24) is 4.98 Å². The number of nitrogens with one attached hydrogen (secondary N) is 1. The van der Waals surface area contributed by atoms with Crippen LogP contribution in [-0.4, -0.2) is 24.2 Å². The minimum Gasteiger partial charge on any atom is -0.377 e. The molecule has 0 bridgehead atoms. The summed E-state index contributed by atoms with van der Waals surface area (Å²) in [6, 6.07) is 2.42. The molecule has 1 aromatic rings. The maximum absolute atomic E-state index is 6.15. The van der Waals surface area contributed by atoms with E-state index in [0.29, 0.717) is 6.04 Å². The minimum atomic E-state index is 0.0343. The Balaban J connectivity index is 2.20. The van der Waals surface area contributed by atoms with E-state index in [2.05, 4.69) is 31.1 Å². The molecule has 3 nitrogen and oxygen atoms in total. The van der Waals surface area contributed by atoms with Crippen LogP contribution in [0.5, 0.6) is 0 Å². The topological polar surface area (TPSA) is 34.1 Å². The van der Waals surface area contributed by atoms with E-state index in [1.165, 1.54) is 0 Å². The van der Waals surface area contributed by atoms with Crippen LogP contribution in [-0.2, 0) is 10.2 Å². The van der Waals surface area contributed by atoms with Crippen molar-refractivity contribution in [3.05, 3.63) is 22.8 Å². The minimum absolute atomic E-state index is 0.0343. The van der Waals surface area contributed by atoms with Gasteiger partial charge in [0.1, 0.15) is 5.82 Å². The summed E-state index contributed by atoms with van der Waals surface area (Å²) in [5.41, 5.74) is 1.15. The van der Waals surface area contributed by atoms with Gasteiger partial charge in [0, 0.05) is 6.20 Å². The zero-order valence-corrected chi connectivity index (χ0v) is 10.6. The summed E-state index contributed by atoms with van der Waals surface area (Å²) in [5, 5.41) is 4.05. The second-order valence-electron chi connectivity index (χ2n) is 5.18. The zero-order valence-electron chi connectivity index (χ0n) is 9.88. The van der Waals surface area contributed by atoms with Gasteiger partial charge in [-0.3, -0.25) is 0 Å². The van der Waals surface area contributed by atoms with Gasteiger partial charge in [-0.05, 0) is 17.0 Å². The SMILES string of the molecule is CC(C)(C)c1cc(NC2COC2)ncc1Cl. The molecule has 1 fully saturated rings. The molecule has 0 saturated carbocycles. The zero-order chi connectivity index (χ0) is 11.8. The van der Waals surface area contributed by atoms with E-state index in [1.54, 1.807) is 6.20 Å². The predicted molar refractivity (Wildman–Crippen MR) is 66.2 cm³/mol. The molecular formula is C12H17ClN2O. The largest absolute Gasteiger partial charge is 0.377 e. The lowest BCUT2D eigenvalue weighted by molar-refractivity contribution is 0.0209. The molecule has 1 saturated heterocycles. The molecule has 1 aromatic heterocycles. The van der Waals surface area contributed by atoms with Gasteiger partial charge in [0.25, 0.3) is 0 Å². The van der Waals surface area contributed by atoms with Gasteiger partial charge in [0.2, 0.25) is 0 Å². The first-order chi connectivity index (χ1) is 7.47. The Morgan fingerprint density at radius 2 is 2.12 bits per heavy atom. The fourth-order valence-electron chi connectivity index (χ4n) is 1.62. The van der Waals surface area contributed by atoms with Crippen molar-refractivity contribution in [3.63, 3.8) is 0 Å². The normalized spacial score (nSPS) is 17.0. The van der Waals surface area contributed by atoms with Crippen molar-refractivity contribution >= 4 is 17.4 Å². The van der Waals surface area contributed by atoms with Crippen LogP contribution in [0.1, 0.15) is 26.3 Å². The average molecular weight is 241 g/mol. The number of hydrogen-bond donors (Lipinski definition) is 1. The van der Waals surface area contributed by atoms with Crippen LogP contribution < -0.4 is 5.32 Å². The molecule has 0 unspecified atom stereocenters. The Labute approximate surface area is 101 Å². The number of aromatic nitrogens is 1. The third kappa shape index (κ3) is 2.47. The standard InChI is InChI=1S/C12H17ClN2O/c1-12(2,3)9-4-11(14-5-10(9)13)15-8-6-16-7-8/h4-5,8H,6-7H2,1-3H3,(H,14,15). The highest BCUT2D eigenvalue weighted by molar-refractivity contribution is 6.31. The molecule has 1 N–H and O–H groups in total. The molecule has 16 heavy (non-hydrogen) atoms. The Morgan fingerprint density at radius 3 is 2.62 bits per heavy atom. The number of anilines is 1. The van der Waals surface area contributed by atoms with Crippen molar-refractivity contribution < 1.29 is 4.74 Å².